The standard InChI is InChI=1S/C14H13FN2O/c15-5-6-18-10-2-4-12-11-3-1-9(16)7-13(11)17-14(12)8-10/h1-4,7-8,17H,5-6,16H2. The number of rotatable bonds is 3. The Kier molecular flexibility index (Phi) is 2.55. The molecule has 18 heavy (non-hydrogen) atoms. The molecule has 3 N–H and O–H groups in total. The van der Waals surface area contributed by atoms with Gasteiger partial charge in [0, 0.05) is 28.0 Å². The van der Waals surface area contributed by atoms with Gasteiger partial charge in [-0.2, -0.15) is 0 Å². The van der Waals surface area contributed by atoms with Crippen molar-refractivity contribution in [2.45, 2.75) is 0 Å². The fraction of sp³-hybridized carbons (Fsp3) is 0.143. The molecule has 92 valence electrons. The summed E-state index contributed by atoms with van der Waals surface area (Å²) < 4.78 is 17.3. The van der Waals surface area contributed by atoms with Gasteiger partial charge >= 0.3 is 0 Å². The van der Waals surface area contributed by atoms with Crippen molar-refractivity contribution in [2.24, 2.45) is 0 Å². The molecule has 3 nitrogen and oxygen atoms in total. The summed E-state index contributed by atoms with van der Waals surface area (Å²) in [6, 6.07) is 11.5. The first-order valence-corrected chi connectivity index (χ1v) is 5.77. The molecule has 3 aromatic rings. The molecule has 0 unspecified atom stereocenters. The van der Waals surface area contributed by atoms with E-state index in [1.54, 1.807) is 0 Å². The third-order valence-corrected chi connectivity index (χ3v) is 2.94. The van der Waals surface area contributed by atoms with Crippen LogP contribution in [0.3, 0.4) is 0 Å². The second-order valence-electron chi connectivity index (χ2n) is 4.17. The Morgan fingerprint density at radius 1 is 1.06 bits per heavy atom. The number of ether oxygens (including phenoxy) is 1. The highest BCUT2D eigenvalue weighted by Gasteiger charge is 2.05. The van der Waals surface area contributed by atoms with Gasteiger partial charge in [0.1, 0.15) is 19.0 Å². The zero-order chi connectivity index (χ0) is 12.5. The first-order valence-electron chi connectivity index (χ1n) is 5.77. The SMILES string of the molecule is Nc1ccc2c(c1)[nH]c1cc(OCCF)ccc12. The van der Waals surface area contributed by atoms with Crippen molar-refractivity contribution in [1.82, 2.24) is 4.98 Å². The predicted octanol–water partition coefficient (Wildman–Crippen LogP) is 3.25. The highest BCUT2D eigenvalue weighted by Crippen LogP contribution is 2.29. The fourth-order valence-corrected chi connectivity index (χ4v) is 2.15. The smallest absolute Gasteiger partial charge is 0.123 e. The predicted molar refractivity (Wildman–Crippen MR) is 71.7 cm³/mol. The van der Waals surface area contributed by atoms with Gasteiger partial charge in [-0.15, -0.1) is 0 Å². The second-order valence-corrected chi connectivity index (χ2v) is 4.17. The number of nitrogens with two attached hydrogens (primary N) is 1. The number of nitrogen functional groups attached to an aromatic ring is 1. The molecule has 3 rings (SSSR count). The van der Waals surface area contributed by atoms with Crippen LogP contribution >= 0.6 is 0 Å². The van der Waals surface area contributed by atoms with Crippen molar-refractivity contribution in [3.05, 3.63) is 36.4 Å². The summed E-state index contributed by atoms with van der Waals surface area (Å²) in [6.45, 7) is -0.403. The van der Waals surface area contributed by atoms with Crippen molar-refractivity contribution < 1.29 is 9.13 Å². The number of fused-ring (bicyclic) bond motifs is 3. The summed E-state index contributed by atoms with van der Waals surface area (Å²) in [5.74, 6) is 0.666. The minimum Gasteiger partial charge on any atom is -0.491 e. The van der Waals surface area contributed by atoms with Crippen LogP contribution in [0.1, 0.15) is 0 Å². The molecule has 0 radical (unpaired) electrons. The Balaban J connectivity index is 2.14. The molecule has 0 amide bonds. The molecule has 2 aromatic carbocycles. The first kappa shape index (κ1) is 10.9. The van der Waals surface area contributed by atoms with Crippen LogP contribution in [0.25, 0.3) is 21.8 Å². The average molecular weight is 244 g/mol. The van der Waals surface area contributed by atoms with Crippen LogP contribution in [0.15, 0.2) is 36.4 Å². The number of nitrogens with one attached hydrogen (secondary N) is 1. The van der Waals surface area contributed by atoms with Gasteiger partial charge in [-0.3, -0.25) is 0 Å². The van der Waals surface area contributed by atoms with Crippen molar-refractivity contribution in [1.29, 1.82) is 0 Å². The van der Waals surface area contributed by atoms with Crippen molar-refractivity contribution in [3.63, 3.8) is 0 Å². The van der Waals surface area contributed by atoms with Gasteiger partial charge in [0.25, 0.3) is 0 Å². The molecule has 0 saturated heterocycles. The van der Waals surface area contributed by atoms with Crippen LogP contribution in [-0.4, -0.2) is 18.3 Å². The zero-order valence-electron chi connectivity index (χ0n) is 9.74. The number of hydrogen-bond donors (Lipinski definition) is 2. The van der Waals surface area contributed by atoms with Gasteiger partial charge in [-0.1, -0.05) is 6.07 Å². The van der Waals surface area contributed by atoms with Crippen molar-refractivity contribution in [3.8, 4) is 5.75 Å². The molecule has 4 heteroatoms. The van der Waals surface area contributed by atoms with Crippen LogP contribution in [0.5, 0.6) is 5.75 Å². The van der Waals surface area contributed by atoms with Gasteiger partial charge in [0.2, 0.25) is 0 Å². The van der Waals surface area contributed by atoms with Crippen LogP contribution in [0.4, 0.5) is 10.1 Å². The van der Waals surface area contributed by atoms with E-state index in [9.17, 15) is 4.39 Å². The third kappa shape index (κ3) is 1.76. The molecule has 0 aliphatic rings. The van der Waals surface area contributed by atoms with Crippen LogP contribution in [0, 0.1) is 0 Å². The van der Waals surface area contributed by atoms with E-state index in [0.717, 1.165) is 27.5 Å². The van der Waals surface area contributed by atoms with Gasteiger partial charge in [0.05, 0.1) is 5.52 Å². The number of H-pyrrole nitrogens is 1. The summed E-state index contributed by atoms with van der Waals surface area (Å²) in [5, 5.41) is 2.23. The maximum absolute atomic E-state index is 12.1. The monoisotopic (exact) mass is 244 g/mol. The lowest BCUT2D eigenvalue weighted by Gasteiger charge is -2.02. The number of alkyl halides is 1. The Labute approximate surface area is 103 Å². The Morgan fingerprint density at radius 3 is 2.56 bits per heavy atom. The van der Waals surface area contributed by atoms with Crippen molar-refractivity contribution >= 4 is 27.5 Å². The van der Waals surface area contributed by atoms with E-state index < -0.39 is 6.67 Å². The van der Waals surface area contributed by atoms with E-state index >= 15 is 0 Å². The molecule has 1 heterocycles. The number of anilines is 1. The van der Waals surface area contributed by atoms with E-state index in [1.165, 1.54) is 0 Å². The van der Waals surface area contributed by atoms with Gasteiger partial charge in [-0.05, 0) is 24.3 Å². The number of aromatic nitrogens is 1. The fourth-order valence-electron chi connectivity index (χ4n) is 2.15. The van der Waals surface area contributed by atoms with Gasteiger partial charge < -0.3 is 15.5 Å². The van der Waals surface area contributed by atoms with Crippen LogP contribution < -0.4 is 10.5 Å². The van der Waals surface area contributed by atoms with Crippen LogP contribution in [0.2, 0.25) is 0 Å². The minimum absolute atomic E-state index is 0.0820. The van der Waals surface area contributed by atoms with E-state index in [4.69, 9.17) is 10.5 Å². The highest BCUT2D eigenvalue weighted by atomic mass is 19.1. The molecule has 0 bridgehead atoms. The molecule has 0 aliphatic carbocycles. The Morgan fingerprint density at radius 2 is 1.78 bits per heavy atom. The minimum atomic E-state index is -0.485. The molecule has 0 saturated carbocycles. The first-order chi connectivity index (χ1) is 8.78. The van der Waals surface area contributed by atoms with Gasteiger partial charge in [-0.25, -0.2) is 4.39 Å². The maximum Gasteiger partial charge on any atom is 0.123 e. The summed E-state index contributed by atoms with van der Waals surface area (Å²) in [4.78, 5) is 3.28. The Hall–Kier alpha value is -2.23. The average Bonchev–Trinajstić information content (AvgIpc) is 2.72. The highest BCUT2D eigenvalue weighted by molar-refractivity contribution is 6.08. The Bertz CT molecular complexity index is 705. The van der Waals surface area contributed by atoms with Gasteiger partial charge in [0.15, 0.2) is 0 Å². The summed E-state index contributed by atoms with van der Waals surface area (Å²) in [7, 11) is 0. The second kappa shape index (κ2) is 4.22. The summed E-state index contributed by atoms with van der Waals surface area (Å²) in [6.07, 6.45) is 0. The molecular weight excluding hydrogens is 231 g/mol. The molecule has 0 atom stereocenters. The molecular formula is C14H13FN2O. The normalized spacial score (nSPS) is 11.2. The molecule has 0 spiro atoms. The quantitative estimate of drug-likeness (QED) is 0.695. The van der Waals surface area contributed by atoms with E-state index in [1.807, 2.05) is 36.4 Å². The summed E-state index contributed by atoms with van der Waals surface area (Å²) in [5.41, 5.74) is 8.44. The number of aromatic amines is 1. The van der Waals surface area contributed by atoms with E-state index in [2.05, 4.69) is 4.98 Å². The third-order valence-electron chi connectivity index (χ3n) is 2.94. The largest absolute Gasteiger partial charge is 0.491 e. The molecule has 1 aromatic heterocycles. The lowest BCUT2D eigenvalue weighted by atomic mass is 10.1. The zero-order valence-corrected chi connectivity index (χ0v) is 9.74. The number of halogens is 1. The van der Waals surface area contributed by atoms with Crippen LogP contribution in [-0.2, 0) is 0 Å². The lowest BCUT2D eigenvalue weighted by Crippen LogP contribution is -1.98. The van der Waals surface area contributed by atoms with Crippen molar-refractivity contribution in [2.75, 3.05) is 19.0 Å². The molecule has 0 fully saturated rings. The topological polar surface area (TPSA) is 51.0 Å². The lowest BCUT2D eigenvalue weighted by molar-refractivity contribution is 0.273. The maximum atomic E-state index is 12.1. The number of benzene rings is 2. The number of hydrogen-bond acceptors (Lipinski definition) is 2. The molecule has 0 aliphatic heterocycles. The van der Waals surface area contributed by atoms with E-state index in [0.29, 0.717) is 5.75 Å². The summed E-state index contributed by atoms with van der Waals surface area (Å²) >= 11 is 0. The van der Waals surface area contributed by atoms with E-state index in [-0.39, 0.29) is 6.61 Å².